The lowest BCUT2D eigenvalue weighted by molar-refractivity contribution is 0.126. The molecule has 4 nitrogen and oxygen atoms in total. The molecule has 0 bridgehead atoms. The predicted octanol–water partition coefficient (Wildman–Crippen LogP) is 11.8. The van der Waals surface area contributed by atoms with Gasteiger partial charge in [0.05, 0.1) is 17.6 Å². The van der Waals surface area contributed by atoms with Crippen LogP contribution < -0.4 is 0 Å². The summed E-state index contributed by atoms with van der Waals surface area (Å²) in [5, 5.41) is 8.55. The fourth-order valence-electron chi connectivity index (χ4n) is 3.89. The molecular weight excluding hydrogens is 502 g/mol. The molecule has 1 aromatic heterocycles. The summed E-state index contributed by atoms with van der Waals surface area (Å²) in [5.41, 5.74) is 6.03. The first-order chi connectivity index (χ1) is 19.9. The smallest absolute Gasteiger partial charge is 0.0831 e. The summed E-state index contributed by atoms with van der Waals surface area (Å²) >= 11 is 0. The molecule has 236 valence electrons. The molecule has 0 amide bonds. The zero-order valence-corrected chi connectivity index (χ0v) is 28.9. The van der Waals surface area contributed by atoms with Gasteiger partial charge in [-0.1, -0.05) is 129 Å². The highest BCUT2D eigenvalue weighted by molar-refractivity contribution is 5.64. The fourth-order valence-corrected chi connectivity index (χ4v) is 3.89. The van der Waals surface area contributed by atoms with E-state index in [1.807, 2.05) is 38.6 Å². The lowest BCUT2D eigenvalue weighted by Gasteiger charge is -2.07. The van der Waals surface area contributed by atoms with Gasteiger partial charge >= 0.3 is 0 Å². The van der Waals surface area contributed by atoms with Crippen LogP contribution in [0.25, 0.3) is 11.3 Å². The first-order valence-corrected chi connectivity index (χ1v) is 16.8. The molecule has 0 aliphatic rings. The van der Waals surface area contributed by atoms with Crippen LogP contribution in [0.3, 0.4) is 0 Å². The molecular formula is C37H67N3O. The number of ether oxygens (including phenoxy) is 1. The topological polar surface area (TPSA) is 39.9 Å². The zero-order chi connectivity index (χ0) is 31.3. The zero-order valence-electron chi connectivity index (χ0n) is 28.9. The van der Waals surface area contributed by atoms with Gasteiger partial charge in [-0.3, -0.25) is 0 Å². The highest BCUT2D eigenvalue weighted by atomic mass is 16.5. The Kier molecular flexibility index (Phi) is 29.3. The first kappa shape index (κ1) is 40.9. The molecule has 41 heavy (non-hydrogen) atoms. The summed E-state index contributed by atoms with van der Waals surface area (Å²) in [6.45, 7) is 26.9. The number of rotatable bonds is 18. The second-order valence-corrected chi connectivity index (χ2v) is 10.4. The Hall–Kier alpha value is -2.20. The SMILES string of the molecule is C/C=C(/C)c1ccc(-n2cc(CCCCOCCCCCC)nn2)cc1.C=C(CCCCCC)C(C)C.CC.CC. The normalized spacial score (nSPS) is 10.7. The largest absolute Gasteiger partial charge is 0.381 e. The van der Waals surface area contributed by atoms with Crippen molar-refractivity contribution in [3.63, 3.8) is 0 Å². The number of hydrogen-bond donors (Lipinski definition) is 0. The van der Waals surface area contributed by atoms with Gasteiger partial charge in [-0.25, -0.2) is 4.68 Å². The molecule has 0 aliphatic carbocycles. The lowest BCUT2D eigenvalue weighted by atomic mass is 9.99. The van der Waals surface area contributed by atoms with Crippen molar-refractivity contribution in [1.82, 2.24) is 15.0 Å². The van der Waals surface area contributed by atoms with Gasteiger partial charge < -0.3 is 4.74 Å². The maximum Gasteiger partial charge on any atom is 0.0831 e. The van der Waals surface area contributed by atoms with Crippen molar-refractivity contribution >= 4 is 5.57 Å². The number of allylic oxidation sites excluding steroid dienone is 3. The Bertz CT molecular complexity index is 865. The standard InChI is InChI=1S/C22H33N3O.C11H22.2C2H6/c1-4-6-7-9-16-26-17-10-8-11-21-18-25(24-23-21)22-14-12-20(13-15-22)19(3)5-2;1-5-6-7-8-9-11(4)10(2)3;2*1-2/h5,12-15,18H,4,6-11,16-17H2,1-3H3;10H,4-9H2,1-3H3;2*1-2H3/b19-5-;;;. The number of aromatic nitrogens is 3. The van der Waals surface area contributed by atoms with Gasteiger partial charge in [-0.15, -0.1) is 5.10 Å². The Morgan fingerprint density at radius 3 is 1.95 bits per heavy atom. The van der Waals surface area contributed by atoms with Crippen molar-refractivity contribution in [2.24, 2.45) is 5.92 Å². The van der Waals surface area contributed by atoms with Crippen molar-refractivity contribution in [3.8, 4) is 5.69 Å². The van der Waals surface area contributed by atoms with Gasteiger partial charge in [-0.2, -0.15) is 0 Å². The summed E-state index contributed by atoms with van der Waals surface area (Å²) in [6.07, 6.45) is 19.0. The highest BCUT2D eigenvalue weighted by Crippen LogP contribution is 2.17. The first-order valence-electron chi connectivity index (χ1n) is 16.8. The molecule has 2 rings (SSSR count). The molecule has 2 aromatic rings. The molecule has 0 atom stereocenters. The van der Waals surface area contributed by atoms with E-state index in [-0.39, 0.29) is 0 Å². The van der Waals surface area contributed by atoms with Crippen molar-refractivity contribution in [3.05, 3.63) is 59.9 Å². The van der Waals surface area contributed by atoms with Crippen molar-refractivity contribution in [1.29, 1.82) is 0 Å². The van der Waals surface area contributed by atoms with E-state index in [1.54, 1.807) is 0 Å². The van der Waals surface area contributed by atoms with Crippen molar-refractivity contribution < 1.29 is 4.74 Å². The van der Waals surface area contributed by atoms with E-state index >= 15 is 0 Å². The van der Waals surface area contributed by atoms with Gasteiger partial charge in [0.25, 0.3) is 0 Å². The lowest BCUT2D eigenvalue weighted by Crippen LogP contribution is -1.98. The van der Waals surface area contributed by atoms with E-state index in [0.717, 1.165) is 43.9 Å². The summed E-state index contributed by atoms with van der Waals surface area (Å²) in [7, 11) is 0. The van der Waals surface area contributed by atoms with Crippen LogP contribution in [-0.2, 0) is 11.2 Å². The van der Waals surface area contributed by atoms with E-state index < -0.39 is 0 Å². The number of hydrogen-bond acceptors (Lipinski definition) is 3. The fraction of sp³-hybridized carbons (Fsp3) is 0.676. The van der Waals surface area contributed by atoms with Crippen LogP contribution >= 0.6 is 0 Å². The van der Waals surface area contributed by atoms with Crippen LogP contribution in [0, 0.1) is 5.92 Å². The maximum atomic E-state index is 5.69. The minimum Gasteiger partial charge on any atom is -0.381 e. The van der Waals surface area contributed by atoms with Crippen molar-refractivity contribution in [2.75, 3.05) is 13.2 Å². The van der Waals surface area contributed by atoms with E-state index in [4.69, 9.17) is 4.74 Å². The van der Waals surface area contributed by atoms with Gasteiger partial charge in [0.1, 0.15) is 0 Å². The summed E-state index contributed by atoms with van der Waals surface area (Å²) < 4.78 is 7.54. The van der Waals surface area contributed by atoms with Crippen LogP contribution in [-0.4, -0.2) is 28.2 Å². The van der Waals surface area contributed by atoms with Crippen LogP contribution in [0.1, 0.15) is 151 Å². The molecule has 0 spiro atoms. The summed E-state index contributed by atoms with van der Waals surface area (Å²) in [6, 6.07) is 8.44. The van der Waals surface area contributed by atoms with Gasteiger partial charge in [0, 0.05) is 13.2 Å². The Morgan fingerprint density at radius 1 is 0.854 bits per heavy atom. The molecule has 1 aromatic carbocycles. The summed E-state index contributed by atoms with van der Waals surface area (Å²) in [4.78, 5) is 0. The number of benzene rings is 1. The van der Waals surface area contributed by atoms with E-state index in [1.165, 1.54) is 74.5 Å². The molecule has 0 N–H and O–H groups in total. The van der Waals surface area contributed by atoms with Crippen LogP contribution in [0.15, 0.2) is 48.7 Å². The van der Waals surface area contributed by atoms with E-state index in [0.29, 0.717) is 5.92 Å². The molecule has 0 radical (unpaired) electrons. The molecule has 0 saturated carbocycles. The minimum atomic E-state index is 0.677. The van der Waals surface area contributed by atoms with Crippen molar-refractivity contribution in [2.45, 2.75) is 146 Å². The Balaban J connectivity index is 0. The van der Waals surface area contributed by atoms with Crippen LogP contribution in [0.4, 0.5) is 0 Å². The van der Waals surface area contributed by atoms with Gasteiger partial charge in [0.2, 0.25) is 0 Å². The maximum absolute atomic E-state index is 5.69. The van der Waals surface area contributed by atoms with Gasteiger partial charge in [0.15, 0.2) is 0 Å². The Morgan fingerprint density at radius 2 is 1.41 bits per heavy atom. The molecule has 0 fully saturated rings. The average molecular weight is 570 g/mol. The molecule has 0 saturated heterocycles. The van der Waals surface area contributed by atoms with E-state index in [2.05, 4.69) is 88.8 Å². The number of unbranched alkanes of at least 4 members (excludes halogenated alkanes) is 7. The number of aryl methyl sites for hydroxylation is 1. The second-order valence-electron chi connectivity index (χ2n) is 10.4. The minimum absolute atomic E-state index is 0.677. The Labute approximate surface area is 256 Å². The third-order valence-electron chi connectivity index (χ3n) is 6.84. The van der Waals surface area contributed by atoms with Gasteiger partial charge in [-0.05, 0) is 81.6 Å². The van der Waals surface area contributed by atoms with Crippen LogP contribution in [0.2, 0.25) is 0 Å². The molecule has 0 unspecified atom stereocenters. The summed E-state index contributed by atoms with van der Waals surface area (Å²) in [5.74, 6) is 0.677. The molecule has 1 heterocycles. The third-order valence-corrected chi connectivity index (χ3v) is 6.84. The second kappa shape index (κ2) is 29.3. The average Bonchev–Trinajstić information content (AvgIpc) is 3.49. The van der Waals surface area contributed by atoms with Crippen LogP contribution in [0.5, 0.6) is 0 Å². The predicted molar refractivity (Wildman–Crippen MR) is 184 cm³/mol. The molecule has 4 heteroatoms. The molecule has 0 aliphatic heterocycles. The monoisotopic (exact) mass is 570 g/mol. The quantitative estimate of drug-likeness (QED) is 0.132. The van der Waals surface area contributed by atoms with E-state index in [9.17, 15) is 0 Å². The highest BCUT2D eigenvalue weighted by Gasteiger charge is 2.04. The third kappa shape index (κ3) is 21.2. The number of nitrogens with zero attached hydrogens (tertiary/aromatic N) is 3.